The smallest absolute Gasteiger partial charge is 0.265 e. The van der Waals surface area contributed by atoms with Gasteiger partial charge in [0.05, 0.1) is 0 Å². The lowest BCUT2D eigenvalue weighted by atomic mass is 10.2. The Morgan fingerprint density at radius 3 is 3.08 bits per heavy atom. The fourth-order valence-electron chi connectivity index (χ4n) is 1.16. The summed E-state index contributed by atoms with van der Waals surface area (Å²) in [4.78, 5) is 4.69. The summed E-state index contributed by atoms with van der Waals surface area (Å²) in [5, 5.41) is 0. The number of oxazole rings is 1. The van der Waals surface area contributed by atoms with E-state index < -0.39 is 0 Å². The van der Waals surface area contributed by atoms with Gasteiger partial charge in [-0.05, 0) is 24.1 Å². The minimum atomic E-state index is 0.547. The first-order valence-corrected chi connectivity index (χ1v) is 4.64. The number of rotatable bonds is 1. The third-order valence-electron chi connectivity index (χ3n) is 1.83. The average molecular weight is 226 g/mol. The van der Waals surface area contributed by atoms with Gasteiger partial charge in [-0.1, -0.05) is 13.0 Å². The molecule has 0 aliphatic heterocycles. The van der Waals surface area contributed by atoms with Crippen LogP contribution in [-0.2, 0) is 6.42 Å². The lowest BCUT2D eigenvalue weighted by Gasteiger charge is -1.92. The largest absolute Gasteiger partial charge is 0.431 e. The molecule has 0 aliphatic rings. The molecule has 0 aliphatic carbocycles. The van der Waals surface area contributed by atoms with Crippen LogP contribution in [0, 0.1) is 0 Å². The molecule has 3 heteroatoms. The van der Waals surface area contributed by atoms with E-state index in [0.29, 0.717) is 4.80 Å². The normalized spacial score (nSPS) is 10.8. The maximum absolute atomic E-state index is 5.32. The first kappa shape index (κ1) is 7.80. The lowest BCUT2D eigenvalue weighted by Crippen LogP contribution is -1.77. The van der Waals surface area contributed by atoms with E-state index in [0.717, 1.165) is 17.5 Å². The van der Waals surface area contributed by atoms with E-state index in [1.807, 2.05) is 12.1 Å². The van der Waals surface area contributed by atoms with Crippen LogP contribution in [0.1, 0.15) is 12.5 Å². The topological polar surface area (TPSA) is 26.0 Å². The molecule has 0 unspecified atom stereocenters. The van der Waals surface area contributed by atoms with Crippen molar-refractivity contribution >= 4 is 27.0 Å². The number of benzene rings is 1. The Balaban J connectivity index is 2.66. The molecular weight excluding hydrogens is 218 g/mol. The number of hydrogen-bond donors (Lipinski definition) is 0. The summed E-state index contributed by atoms with van der Waals surface area (Å²) in [6, 6.07) is 6.06. The van der Waals surface area contributed by atoms with Crippen LogP contribution in [0.2, 0.25) is 0 Å². The molecule has 2 rings (SSSR count). The van der Waals surface area contributed by atoms with Crippen molar-refractivity contribution in [1.82, 2.24) is 4.98 Å². The molecule has 0 amide bonds. The van der Waals surface area contributed by atoms with E-state index in [1.165, 1.54) is 5.56 Å². The second-order valence-electron chi connectivity index (χ2n) is 2.62. The zero-order chi connectivity index (χ0) is 8.55. The Morgan fingerprint density at radius 2 is 2.33 bits per heavy atom. The molecule has 0 saturated carbocycles. The molecular formula is C9H8BrNO. The molecule has 2 nitrogen and oxygen atoms in total. The van der Waals surface area contributed by atoms with Gasteiger partial charge >= 0.3 is 0 Å². The predicted octanol–water partition coefficient (Wildman–Crippen LogP) is 3.15. The molecule has 0 spiro atoms. The Morgan fingerprint density at radius 1 is 1.50 bits per heavy atom. The quantitative estimate of drug-likeness (QED) is 0.746. The zero-order valence-electron chi connectivity index (χ0n) is 6.67. The van der Waals surface area contributed by atoms with Gasteiger partial charge in [-0.25, -0.2) is 4.98 Å². The number of aromatic nitrogens is 1. The monoisotopic (exact) mass is 225 g/mol. The van der Waals surface area contributed by atoms with E-state index in [1.54, 1.807) is 0 Å². The molecule has 0 N–H and O–H groups in total. The third kappa shape index (κ3) is 1.25. The highest BCUT2D eigenvalue weighted by molar-refractivity contribution is 9.10. The van der Waals surface area contributed by atoms with Crippen molar-refractivity contribution in [3.05, 3.63) is 28.6 Å². The van der Waals surface area contributed by atoms with Crippen LogP contribution in [0.3, 0.4) is 0 Å². The standard InChI is InChI=1S/C9H8BrNO/c1-2-6-3-4-7-8(5-6)12-9(10)11-7/h3-5H,2H2,1H3. The van der Waals surface area contributed by atoms with E-state index in [4.69, 9.17) is 4.42 Å². The fraction of sp³-hybridized carbons (Fsp3) is 0.222. The molecule has 1 aromatic carbocycles. The van der Waals surface area contributed by atoms with Crippen LogP contribution in [0.25, 0.3) is 11.1 Å². The van der Waals surface area contributed by atoms with Gasteiger partial charge in [0.25, 0.3) is 4.80 Å². The second kappa shape index (κ2) is 2.90. The van der Waals surface area contributed by atoms with Crippen molar-refractivity contribution in [3.63, 3.8) is 0 Å². The van der Waals surface area contributed by atoms with Crippen LogP contribution < -0.4 is 0 Å². The van der Waals surface area contributed by atoms with Gasteiger partial charge in [0.1, 0.15) is 5.52 Å². The van der Waals surface area contributed by atoms with E-state index in [-0.39, 0.29) is 0 Å². The van der Waals surface area contributed by atoms with Crippen molar-refractivity contribution in [1.29, 1.82) is 0 Å². The summed E-state index contributed by atoms with van der Waals surface area (Å²) in [5.74, 6) is 0. The zero-order valence-corrected chi connectivity index (χ0v) is 8.26. The molecule has 62 valence electrons. The van der Waals surface area contributed by atoms with E-state index >= 15 is 0 Å². The highest BCUT2D eigenvalue weighted by atomic mass is 79.9. The van der Waals surface area contributed by atoms with Crippen molar-refractivity contribution in [2.45, 2.75) is 13.3 Å². The van der Waals surface area contributed by atoms with Gasteiger partial charge in [0.15, 0.2) is 5.58 Å². The van der Waals surface area contributed by atoms with Crippen molar-refractivity contribution in [2.75, 3.05) is 0 Å². The number of nitrogens with zero attached hydrogens (tertiary/aromatic N) is 1. The van der Waals surface area contributed by atoms with Crippen LogP contribution in [0.4, 0.5) is 0 Å². The molecule has 12 heavy (non-hydrogen) atoms. The lowest BCUT2D eigenvalue weighted by molar-refractivity contribution is 0.570. The molecule has 0 bridgehead atoms. The maximum atomic E-state index is 5.32. The van der Waals surface area contributed by atoms with Crippen molar-refractivity contribution in [2.24, 2.45) is 0 Å². The van der Waals surface area contributed by atoms with Gasteiger partial charge in [-0.15, -0.1) is 0 Å². The molecule has 2 aromatic rings. The number of fused-ring (bicyclic) bond motifs is 1. The minimum absolute atomic E-state index is 0.547. The molecule has 0 fully saturated rings. The SMILES string of the molecule is CCc1ccc2nc(Br)oc2c1. The summed E-state index contributed by atoms with van der Waals surface area (Å²) < 4.78 is 5.32. The second-order valence-corrected chi connectivity index (χ2v) is 3.30. The first-order chi connectivity index (χ1) is 5.79. The maximum Gasteiger partial charge on any atom is 0.265 e. The summed E-state index contributed by atoms with van der Waals surface area (Å²) in [6.07, 6.45) is 1.02. The van der Waals surface area contributed by atoms with Gasteiger partial charge < -0.3 is 4.42 Å². The van der Waals surface area contributed by atoms with Gasteiger partial charge in [-0.3, -0.25) is 0 Å². The summed E-state index contributed by atoms with van der Waals surface area (Å²) in [6.45, 7) is 2.12. The van der Waals surface area contributed by atoms with Crippen molar-refractivity contribution < 1.29 is 4.42 Å². The Kier molecular flexibility index (Phi) is 1.89. The number of halogens is 1. The molecule has 0 radical (unpaired) electrons. The molecule has 0 atom stereocenters. The summed E-state index contributed by atoms with van der Waals surface area (Å²) in [7, 11) is 0. The molecule has 0 saturated heterocycles. The van der Waals surface area contributed by atoms with Crippen LogP contribution >= 0.6 is 15.9 Å². The van der Waals surface area contributed by atoms with E-state index in [9.17, 15) is 0 Å². The Bertz CT molecular complexity index is 408. The first-order valence-electron chi connectivity index (χ1n) is 3.84. The molecule has 1 heterocycles. The van der Waals surface area contributed by atoms with E-state index in [2.05, 4.69) is 33.9 Å². The van der Waals surface area contributed by atoms with Crippen molar-refractivity contribution in [3.8, 4) is 0 Å². The van der Waals surface area contributed by atoms with Crippen LogP contribution in [0.5, 0.6) is 0 Å². The van der Waals surface area contributed by atoms with Crippen LogP contribution in [0.15, 0.2) is 27.4 Å². The predicted molar refractivity (Wildman–Crippen MR) is 51.1 cm³/mol. The van der Waals surface area contributed by atoms with Gasteiger partial charge in [0.2, 0.25) is 0 Å². The highest BCUT2D eigenvalue weighted by Gasteiger charge is 2.02. The van der Waals surface area contributed by atoms with Gasteiger partial charge in [0, 0.05) is 15.9 Å². The molecule has 1 aromatic heterocycles. The van der Waals surface area contributed by atoms with Crippen LogP contribution in [-0.4, -0.2) is 4.98 Å². The number of aryl methyl sites for hydroxylation is 1. The number of hydrogen-bond acceptors (Lipinski definition) is 2. The highest BCUT2D eigenvalue weighted by Crippen LogP contribution is 2.20. The minimum Gasteiger partial charge on any atom is -0.431 e. The summed E-state index contributed by atoms with van der Waals surface area (Å²) in [5.41, 5.74) is 3.02. The Labute approximate surface area is 78.7 Å². The summed E-state index contributed by atoms with van der Waals surface area (Å²) >= 11 is 3.19. The third-order valence-corrected chi connectivity index (χ3v) is 2.17. The fourth-order valence-corrected chi connectivity index (χ4v) is 1.53. The van der Waals surface area contributed by atoms with Gasteiger partial charge in [-0.2, -0.15) is 0 Å². The average Bonchev–Trinajstić information content (AvgIpc) is 2.43. The Hall–Kier alpha value is -0.830.